The summed E-state index contributed by atoms with van der Waals surface area (Å²) < 4.78 is 8.16. The number of anilines is 1. The Morgan fingerprint density at radius 2 is 2.12 bits per heavy atom. The number of thiazole rings is 1. The summed E-state index contributed by atoms with van der Waals surface area (Å²) in [4.78, 5) is 24.2. The van der Waals surface area contributed by atoms with Crippen molar-refractivity contribution < 1.29 is 9.53 Å². The minimum Gasteiger partial charge on any atom is -0.481 e. The summed E-state index contributed by atoms with van der Waals surface area (Å²) in [6, 6.07) is 12.3. The van der Waals surface area contributed by atoms with Gasteiger partial charge in [-0.15, -0.1) is 0 Å². The smallest absolute Gasteiger partial charge is 0.307 e. The number of nitrogens with one attached hydrogen (secondary N) is 1. The Morgan fingerprint density at radius 3 is 2.84 bits per heavy atom. The molecule has 1 heterocycles. The maximum absolute atomic E-state index is 12.5. The predicted molar refractivity (Wildman–Crippen MR) is 102 cm³/mol. The second-order valence-electron chi connectivity index (χ2n) is 5.57. The van der Waals surface area contributed by atoms with Gasteiger partial charge in [0, 0.05) is 17.8 Å². The highest BCUT2D eigenvalue weighted by Crippen LogP contribution is 2.23. The number of benzene rings is 2. The van der Waals surface area contributed by atoms with E-state index in [0.717, 1.165) is 21.6 Å². The molecule has 0 saturated heterocycles. The molecular weight excluding hydrogens is 360 g/mol. The molecule has 3 rings (SSSR count). The molecule has 130 valence electrons. The normalized spacial score (nSPS) is 12.1. The average Bonchev–Trinajstić information content (AvgIpc) is 2.86. The van der Waals surface area contributed by atoms with Gasteiger partial charge in [-0.3, -0.25) is 9.59 Å². The van der Waals surface area contributed by atoms with Crippen LogP contribution in [0.5, 0.6) is 5.75 Å². The van der Waals surface area contributed by atoms with E-state index >= 15 is 0 Å². The lowest BCUT2D eigenvalue weighted by Gasteiger charge is -2.17. The number of amides is 1. The van der Waals surface area contributed by atoms with Crippen LogP contribution in [0.15, 0.2) is 47.3 Å². The largest absolute Gasteiger partial charge is 0.481 e. The highest BCUT2D eigenvalue weighted by Gasteiger charge is 2.19. The second kappa shape index (κ2) is 7.29. The zero-order valence-corrected chi connectivity index (χ0v) is 15.4. The molecule has 0 aliphatic carbocycles. The maximum atomic E-state index is 12.5. The van der Waals surface area contributed by atoms with Crippen molar-refractivity contribution in [3.8, 4) is 5.75 Å². The Labute approximate surface area is 153 Å². The number of ether oxygens (including phenoxy) is 1. The summed E-state index contributed by atoms with van der Waals surface area (Å²) in [6.45, 7) is 1.88. The molecule has 1 unspecified atom stereocenters. The first-order valence-corrected chi connectivity index (χ1v) is 9.00. The number of carbonyl (C=O) groups excluding carboxylic acids is 1. The van der Waals surface area contributed by atoms with Crippen molar-refractivity contribution in [3.63, 3.8) is 0 Å². The van der Waals surface area contributed by atoms with Crippen LogP contribution < -0.4 is 14.9 Å². The Balaban J connectivity index is 1.76. The highest BCUT2D eigenvalue weighted by atomic mass is 35.5. The van der Waals surface area contributed by atoms with Gasteiger partial charge in [0.15, 0.2) is 6.10 Å². The van der Waals surface area contributed by atoms with Gasteiger partial charge in [0.05, 0.1) is 10.2 Å². The van der Waals surface area contributed by atoms with Gasteiger partial charge in [-0.1, -0.05) is 35.9 Å². The molecule has 5 nitrogen and oxygen atoms in total. The van der Waals surface area contributed by atoms with Crippen LogP contribution in [-0.2, 0) is 11.8 Å². The van der Waals surface area contributed by atoms with Gasteiger partial charge in [0.2, 0.25) is 0 Å². The SMILES string of the molecule is CCC(Oc1cccc(Cl)c1)C(=O)Nc1ccc2c(c1)sc(=O)n2C. The summed E-state index contributed by atoms with van der Waals surface area (Å²) >= 11 is 7.09. The molecule has 1 aromatic heterocycles. The van der Waals surface area contributed by atoms with E-state index in [1.807, 2.05) is 13.0 Å². The molecule has 25 heavy (non-hydrogen) atoms. The summed E-state index contributed by atoms with van der Waals surface area (Å²) in [5.41, 5.74) is 1.47. The van der Waals surface area contributed by atoms with Gasteiger partial charge in [0.1, 0.15) is 5.75 Å². The molecular formula is C18H17ClN2O3S. The number of aryl methyl sites for hydroxylation is 1. The first kappa shape index (κ1) is 17.5. The standard InChI is InChI=1S/C18H17ClN2O3S/c1-3-15(24-13-6-4-5-11(19)9-13)17(22)20-12-7-8-14-16(10-12)25-18(23)21(14)2/h4-10,15H,3H2,1-2H3,(H,20,22). The first-order valence-electron chi connectivity index (χ1n) is 7.80. The summed E-state index contributed by atoms with van der Waals surface area (Å²) in [7, 11) is 1.73. The fourth-order valence-corrected chi connectivity index (χ4v) is 3.56. The third-order valence-corrected chi connectivity index (χ3v) is 5.03. The van der Waals surface area contributed by atoms with E-state index in [9.17, 15) is 9.59 Å². The number of carbonyl (C=O) groups is 1. The molecule has 0 saturated carbocycles. The van der Waals surface area contributed by atoms with Gasteiger partial charge in [-0.25, -0.2) is 0 Å². The van der Waals surface area contributed by atoms with Gasteiger partial charge in [-0.05, 0) is 42.8 Å². The monoisotopic (exact) mass is 376 g/mol. The van der Waals surface area contributed by atoms with Crippen LogP contribution in [0.4, 0.5) is 5.69 Å². The third kappa shape index (κ3) is 3.86. The number of aromatic nitrogens is 1. The lowest BCUT2D eigenvalue weighted by Crippen LogP contribution is -2.32. The molecule has 2 aromatic carbocycles. The lowest BCUT2D eigenvalue weighted by atomic mass is 10.2. The molecule has 0 fully saturated rings. The molecule has 0 radical (unpaired) electrons. The molecule has 3 aromatic rings. The molecule has 0 aliphatic rings. The Kier molecular flexibility index (Phi) is 5.11. The van der Waals surface area contributed by atoms with Crippen LogP contribution in [0.2, 0.25) is 5.02 Å². The Bertz CT molecular complexity index is 980. The number of hydrogen-bond donors (Lipinski definition) is 1. The van der Waals surface area contributed by atoms with Crippen molar-refractivity contribution in [1.82, 2.24) is 4.57 Å². The van der Waals surface area contributed by atoms with Crippen LogP contribution in [0.25, 0.3) is 10.2 Å². The van der Waals surface area contributed by atoms with Gasteiger partial charge in [-0.2, -0.15) is 0 Å². The van der Waals surface area contributed by atoms with Crippen molar-refractivity contribution in [2.45, 2.75) is 19.4 Å². The zero-order chi connectivity index (χ0) is 18.0. The molecule has 1 N–H and O–H groups in total. The topological polar surface area (TPSA) is 60.3 Å². The van der Waals surface area contributed by atoms with Crippen LogP contribution in [-0.4, -0.2) is 16.6 Å². The fourth-order valence-electron chi connectivity index (χ4n) is 2.46. The lowest BCUT2D eigenvalue weighted by molar-refractivity contribution is -0.122. The quantitative estimate of drug-likeness (QED) is 0.730. The van der Waals surface area contributed by atoms with E-state index in [0.29, 0.717) is 22.9 Å². The Hall–Kier alpha value is -2.31. The highest BCUT2D eigenvalue weighted by molar-refractivity contribution is 7.16. The van der Waals surface area contributed by atoms with E-state index < -0.39 is 6.10 Å². The zero-order valence-electron chi connectivity index (χ0n) is 13.8. The molecule has 1 atom stereocenters. The van der Waals surface area contributed by atoms with Gasteiger partial charge in [0.25, 0.3) is 5.91 Å². The van der Waals surface area contributed by atoms with Crippen LogP contribution in [0.3, 0.4) is 0 Å². The number of rotatable bonds is 5. The van der Waals surface area contributed by atoms with E-state index in [-0.39, 0.29) is 10.8 Å². The van der Waals surface area contributed by atoms with Crippen LogP contribution in [0, 0.1) is 0 Å². The number of halogens is 1. The van der Waals surface area contributed by atoms with E-state index in [1.54, 1.807) is 48.0 Å². The van der Waals surface area contributed by atoms with Crippen molar-refractivity contribution >= 4 is 44.7 Å². The fraction of sp³-hybridized carbons (Fsp3) is 0.222. The van der Waals surface area contributed by atoms with Gasteiger partial charge >= 0.3 is 4.87 Å². The summed E-state index contributed by atoms with van der Waals surface area (Å²) in [5, 5.41) is 3.40. The van der Waals surface area contributed by atoms with Crippen molar-refractivity contribution in [2.24, 2.45) is 7.05 Å². The van der Waals surface area contributed by atoms with Gasteiger partial charge < -0.3 is 14.6 Å². The van der Waals surface area contributed by atoms with E-state index in [4.69, 9.17) is 16.3 Å². The number of nitrogens with zero attached hydrogens (tertiary/aromatic N) is 1. The minimum atomic E-state index is -0.635. The molecule has 0 spiro atoms. The van der Waals surface area contributed by atoms with E-state index in [2.05, 4.69) is 5.32 Å². The van der Waals surface area contributed by atoms with Crippen LogP contribution in [0.1, 0.15) is 13.3 Å². The molecule has 0 aliphatic heterocycles. The summed E-state index contributed by atoms with van der Waals surface area (Å²) in [6.07, 6.45) is -0.122. The summed E-state index contributed by atoms with van der Waals surface area (Å²) in [5.74, 6) is 0.302. The molecule has 1 amide bonds. The number of hydrogen-bond acceptors (Lipinski definition) is 4. The van der Waals surface area contributed by atoms with Crippen molar-refractivity contribution in [1.29, 1.82) is 0 Å². The average molecular weight is 377 g/mol. The van der Waals surface area contributed by atoms with Crippen molar-refractivity contribution in [3.05, 3.63) is 57.2 Å². The van der Waals surface area contributed by atoms with E-state index in [1.165, 1.54) is 0 Å². The third-order valence-electron chi connectivity index (χ3n) is 3.80. The predicted octanol–water partition coefficient (Wildman–Crippen LogP) is 4.05. The first-order chi connectivity index (χ1) is 12.0. The molecule has 7 heteroatoms. The van der Waals surface area contributed by atoms with Crippen LogP contribution >= 0.6 is 22.9 Å². The molecule has 0 bridgehead atoms. The Morgan fingerprint density at radius 1 is 1.32 bits per heavy atom. The minimum absolute atomic E-state index is 0.0331. The second-order valence-corrected chi connectivity index (χ2v) is 7.00. The number of fused-ring (bicyclic) bond motifs is 1. The maximum Gasteiger partial charge on any atom is 0.307 e. The van der Waals surface area contributed by atoms with Crippen molar-refractivity contribution in [2.75, 3.05) is 5.32 Å².